The van der Waals surface area contributed by atoms with Crippen molar-refractivity contribution in [3.8, 4) is 0 Å². The number of nitrogens with one attached hydrogen (secondary N) is 1. The number of sulfonamides is 1. The van der Waals surface area contributed by atoms with Gasteiger partial charge in [-0.05, 0) is 48.9 Å². The first-order valence-electron chi connectivity index (χ1n) is 9.06. The summed E-state index contributed by atoms with van der Waals surface area (Å²) in [4.78, 5) is 24.0. The van der Waals surface area contributed by atoms with Crippen molar-refractivity contribution in [2.24, 2.45) is 0 Å². The number of hydrogen-bond donors (Lipinski definition) is 1. The minimum absolute atomic E-state index is 0.124. The molecular weight excluding hydrogens is 460 g/mol. The molecule has 2 aromatic carbocycles. The Balaban J connectivity index is 2.01. The average molecular weight is 483 g/mol. The molecule has 0 saturated carbocycles. The van der Waals surface area contributed by atoms with Crippen molar-refractivity contribution in [3.05, 3.63) is 58.6 Å². The van der Waals surface area contributed by atoms with Crippen LogP contribution >= 0.6 is 15.9 Å². The molecule has 0 aliphatic rings. The topological polar surface area (TPSA) is 92.8 Å². The van der Waals surface area contributed by atoms with Crippen LogP contribution in [0.3, 0.4) is 0 Å². The summed E-state index contributed by atoms with van der Waals surface area (Å²) in [6.07, 6.45) is 0.150. The highest BCUT2D eigenvalue weighted by Crippen LogP contribution is 2.19. The third kappa shape index (κ3) is 6.66. The summed E-state index contributed by atoms with van der Waals surface area (Å²) >= 11 is 3.27. The Morgan fingerprint density at radius 2 is 1.66 bits per heavy atom. The molecule has 0 atom stereocenters. The van der Waals surface area contributed by atoms with Gasteiger partial charge in [-0.25, -0.2) is 8.42 Å². The summed E-state index contributed by atoms with van der Waals surface area (Å²) < 4.78 is 32.3. The van der Waals surface area contributed by atoms with Gasteiger partial charge in [0.25, 0.3) is 0 Å². The molecule has 0 radical (unpaired) electrons. The molecule has 0 saturated heterocycles. The third-order valence-electron chi connectivity index (χ3n) is 4.02. The molecule has 7 nitrogen and oxygen atoms in total. The number of likely N-dealkylation sites (N-methyl/N-ethyl adjacent to an activating group) is 1. The molecular formula is C20H23BrN2O5S. The monoisotopic (exact) mass is 482 g/mol. The van der Waals surface area contributed by atoms with E-state index >= 15 is 0 Å². The Labute approximate surface area is 179 Å². The van der Waals surface area contributed by atoms with Crippen LogP contribution < -0.4 is 5.32 Å². The molecule has 0 aliphatic heterocycles. The van der Waals surface area contributed by atoms with E-state index in [1.54, 1.807) is 50.2 Å². The van der Waals surface area contributed by atoms with Crippen LogP contribution in [0.1, 0.15) is 19.4 Å². The van der Waals surface area contributed by atoms with Crippen LogP contribution in [0.5, 0.6) is 0 Å². The number of carbonyl (C=O) groups is 2. The van der Waals surface area contributed by atoms with Crippen LogP contribution in [-0.4, -0.2) is 44.3 Å². The predicted octanol–water partition coefficient (Wildman–Crippen LogP) is 3.20. The number of benzene rings is 2. The van der Waals surface area contributed by atoms with E-state index < -0.39 is 15.9 Å². The molecule has 0 unspecified atom stereocenters. The predicted molar refractivity (Wildman–Crippen MR) is 114 cm³/mol. The fourth-order valence-electron chi connectivity index (χ4n) is 2.57. The SMILES string of the molecule is CCOC(=O)Cc1ccc(NC(=O)CN(CC)S(=O)(=O)c2ccc(Br)cc2)cc1. The molecule has 0 spiro atoms. The first kappa shape index (κ1) is 23.1. The maximum atomic E-state index is 12.8. The van der Waals surface area contributed by atoms with Gasteiger partial charge in [0, 0.05) is 16.7 Å². The molecule has 0 aromatic heterocycles. The number of esters is 1. The highest BCUT2D eigenvalue weighted by molar-refractivity contribution is 9.10. The van der Waals surface area contributed by atoms with Crippen molar-refractivity contribution in [1.82, 2.24) is 4.31 Å². The molecule has 0 fully saturated rings. The van der Waals surface area contributed by atoms with E-state index in [4.69, 9.17) is 4.74 Å². The molecule has 0 heterocycles. The second-order valence-corrected chi connectivity index (χ2v) is 8.97. The van der Waals surface area contributed by atoms with E-state index in [0.29, 0.717) is 12.3 Å². The maximum absolute atomic E-state index is 12.8. The first-order chi connectivity index (χ1) is 13.8. The number of anilines is 1. The minimum Gasteiger partial charge on any atom is -0.466 e. The number of rotatable bonds is 9. The zero-order valence-corrected chi connectivity index (χ0v) is 18.6. The minimum atomic E-state index is -3.78. The molecule has 1 N–H and O–H groups in total. The number of ether oxygens (including phenoxy) is 1. The molecule has 29 heavy (non-hydrogen) atoms. The number of halogens is 1. The van der Waals surface area contributed by atoms with E-state index in [9.17, 15) is 18.0 Å². The van der Waals surface area contributed by atoms with Crippen molar-refractivity contribution >= 4 is 43.5 Å². The Kier molecular flexibility index (Phi) is 8.36. The number of carbonyl (C=O) groups excluding carboxylic acids is 2. The zero-order chi connectivity index (χ0) is 21.4. The standard InChI is InChI=1S/C20H23BrN2O5S/c1-3-23(29(26,27)18-11-7-16(21)8-12-18)14-19(24)22-17-9-5-15(6-10-17)13-20(25)28-4-2/h5-12H,3-4,13-14H2,1-2H3,(H,22,24). The second-order valence-electron chi connectivity index (χ2n) is 6.11. The van der Waals surface area contributed by atoms with Crippen molar-refractivity contribution in [2.45, 2.75) is 25.2 Å². The van der Waals surface area contributed by atoms with Gasteiger partial charge in [-0.15, -0.1) is 0 Å². The average Bonchev–Trinajstić information content (AvgIpc) is 2.68. The molecule has 9 heteroatoms. The Morgan fingerprint density at radius 1 is 1.03 bits per heavy atom. The van der Waals surface area contributed by atoms with E-state index in [2.05, 4.69) is 21.2 Å². The highest BCUT2D eigenvalue weighted by Gasteiger charge is 2.25. The van der Waals surface area contributed by atoms with Crippen LogP contribution in [-0.2, 0) is 30.8 Å². The molecule has 0 aliphatic carbocycles. The lowest BCUT2D eigenvalue weighted by molar-refractivity contribution is -0.142. The molecule has 1 amide bonds. The van der Waals surface area contributed by atoms with Crippen molar-refractivity contribution < 1.29 is 22.7 Å². The summed E-state index contributed by atoms with van der Waals surface area (Å²) in [6, 6.07) is 13.0. The zero-order valence-electron chi connectivity index (χ0n) is 16.2. The van der Waals surface area contributed by atoms with E-state index in [1.165, 1.54) is 12.1 Å². The van der Waals surface area contributed by atoms with Gasteiger partial charge in [-0.1, -0.05) is 35.0 Å². The third-order valence-corrected chi connectivity index (χ3v) is 6.48. The van der Waals surface area contributed by atoms with Gasteiger partial charge in [-0.3, -0.25) is 9.59 Å². The van der Waals surface area contributed by atoms with Crippen molar-refractivity contribution in [1.29, 1.82) is 0 Å². The molecule has 156 valence electrons. The van der Waals surface area contributed by atoms with Crippen LogP contribution in [0.25, 0.3) is 0 Å². The van der Waals surface area contributed by atoms with Crippen LogP contribution in [0, 0.1) is 0 Å². The smallest absolute Gasteiger partial charge is 0.310 e. The van der Waals surface area contributed by atoms with E-state index in [0.717, 1.165) is 14.3 Å². The van der Waals surface area contributed by atoms with Crippen molar-refractivity contribution in [3.63, 3.8) is 0 Å². The lowest BCUT2D eigenvalue weighted by Crippen LogP contribution is -2.37. The molecule has 2 aromatic rings. The fraction of sp³-hybridized carbons (Fsp3) is 0.300. The van der Waals surface area contributed by atoms with E-state index in [1.807, 2.05) is 0 Å². The number of amides is 1. The number of nitrogens with zero attached hydrogens (tertiary/aromatic N) is 1. The van der Waals surface area contributed by atoms with Gasteiger partial charge in [0.2, 0.25) is 15.9 Å². The van der Waals surface area contributed by atoms with Gasteiger partial charge in [0.15, 0.2) is 0 Å². The Morgan fingerprint density at radius 3 is 2.21 bits per heavy atom. The molecule has 2 rings (SSSR count). The first-order valence-corrected chi connectivity index (χ1v) is 11.3. The maximum Gasteiger partial charge on any atom is 0.310 e. The summed E-state index contributed by atoms with van der Waals surface area (Å²) in [7, 11) is -3.78. The summed E-state index contributed by atoms with van der Waals surface area (Å²) in [5.41, 5.74) is 1.27. The molecule has 0 bridgehead atoms. The lowest BCUT2D eigenvalue weighted by atomic mass is 10.1. The van der Waals surface area contributed by atoms with E-state index in [-0.39, 0.29) is 30.4 Å². The van der Waals surface area contributed by atoms with Crippen LogP contribution in [0.4, 0.5) is 5.69 Å². The van der Waals surface area contributed by atoms with Crippen LogP contribution in [0.15, 0.2) is 57.9 Å². The summed E-state index contributed by atoms with van der Waals surface area (Å²) in [6.45, 7) is 3.59. The Bertz CT molecular complexity index is 944. The fourth-order valence-corrected chi connectivity index (χ4v) is 4.24. The summed E-state index contributed by atoms with van der Waals surface area (Å²) in [5, 5.41) is 2.68. The van der Waals surface area contributed by atoms with Gasteiger partial charge >= 0.3 is 5.97 Å². The lowest BCUT2D eigenvalue weighted by Gasteiger charge is -2.20. The normalized spacial score (nSPS) is 11.3. The number of hydrogen-bond acceptors (Lipinski definition) is 5. The van der Waals surface area contributed by atoms with Crippen LogP contribution in [0.2, 0.25) is 0 Å². The van der Waals surface area contributed by atoms with Gasteiger partial charge < -0.3 is 10.1 Å². The quantitative estimate of drug-likeness (QED) is 0.553. The van der Waals surface area contributed by atoms with Gasteiger partial charge in [0.1, 0.15) is 0 Å². The Hall–Kier alpha value is -2.23. The van der Waals surface area contributed by atoms with Crippen molar-refractivity contribution in [2.75, 3.05) is 25.0 Å². The van der Waals surface area contributed by atoms with Gasteiger partial charge in [-0.2, -0.15) is 4.31 Å². The summed E-state index contributed by atoms with van der Waals surface area (Å²) in [5.74, 6) is -0.772. The second kappa shape index (κ2) is 10.5. The highest BCUT2D eigenvalue weighted by atomic mass is 79.9. The van der Waals surface area contributed by atoms with Gasteiger partial charge in [0.05, 0.1) is 24.5 Å². The largest absolute Gasteiger partial charge is 0.466 e.